The molecule has 0 saturated heterocycles. The molecule has 3 unspecified atom stereocenters. The second-order valence-electron chi connectivity index (χ2n) is 5.68. The van der Waals surface area contributed by atoms with Gasteiger partial charge in [0.1, 0.15) is 17.6 Å². The van der Waals surface area contributed by atoms with E-state index in [0.717, 1.165) is 24.9 Å². The van der Waals surface area contributed by atoms with Gasteiger partial charge in [0.05, 0.1) is 11.7 Å². The number of ether oxygens (including phenoxy) is 1. The van der Waals surface area contributed by atoms with Crippen LogP contribution in [0.1, 0.15) is 33.1 Å². The molecule has 0 spiro atoms. The van der Waals surface area contributed by atoms with E-state index in [1.165, 1.54) is 0 Å². The third kappa shape index (κ3) is 2.05. The van der Waals surface area contributed by atoms with E-state index in [4.69, 9.17) is 4.74 Å². The van der Waals surface area contributed by atoms with Crippen LogP contribution in [0.3, 0.4) is 0 Å². The molecule has 1 fully saturated rings. The van der Waals surface area contributed by atoms with Gasteiger partial charge in [0, 0.05) is 13.0 Å². The number of amides is 1. The zero-order chi connectivity index (χ0) is 13.6. The fourth-order valence-electron chi connectivity index (χ4n) is 3.28. The summed E-state index contributed by atoms with van der Waals surface area (Å²) in [6.45, 7) is 3.81. The van der Waals surface area contributed by atoms with Crippen molar-refractivity contribution in [1.29, 1.82) is 0 Å². The van der Waals surface area contributed by atoms with Crippen LogP contribution in [0.4, 0.5) is 5.69 Å². The van der Waals surface area contributed by atoms with Gasteiger partial charge in [0.2, 0.25) is 5.91 Å². The SMILES string of the molecule is CC(=O)N1c2ccc(O)cc2OC2CC(C)CCC21. The van der Waals surface area contributed by atoms with Gasteiger partial charge in [-0.25, -0.2) is 0 Å². The number of anilines is 1. The van der Waals surface area contributed by atoms with Crippen LogP contribution in [0.2, 0.25) is 0 Å². The summed E-state index contributed by atoms with van der Waals surface area (Å²) in [5, 5.41) is 9.58. The summed E-state index contributed by atoms with van der Waals surface area (Å²) in [6, 6.07) is 5.09. The minimum absolute atomic E-state index is 0.0415. The van der Waals surface area contributed by atoms with Crippen molar-refractivity contribution < 1.29 is 14.6 Å². The van der Waals surface area contributed by atoms with Crippen LogP contribution in [-0.4, -0.2) is 23.2 Å². The highest BCUT2D eigenvalue weighted by Crippen LogP contribution is 2.43. The average molecular weight is 261 g/mol. The van der Waals surface area contributed by atoms with Crippen LogP contribution in [0.5, 0.6) is 11.5 Å². The molecule has 0 aromatic heterocycles. The summed E-state index contributed by atoms with van der Waals surface area (Å²) in [5.41, 5.74) is 0.779. The number of nitrogens with zero attached hydrogens (tertiary/aromatic N) is 1. The quantitative estimate of drug-likeness (QED) is 0.781. The maximum atomic E-state index is 12.0. The number of fused-ring (bicyclic) bond motifs is 2. The fraction of sp³-hybridized carbons (Fsp3) is 0.533. The number of hydrogen-bond acceptors (Lipinski definition) is 3. The van der Waals surface area contributed by atoms with Crippen molar-refractivity contribution in [3.8, 4) is 11.5 Å². The molecule has 3 atom stereocenters. The summed E-state index contributed by atoms with van der Waals surface area (Å²) >= 11 is 0. The normalized spacial score (nSPS) is 29.2. The van der Waals surface area contributed by atoms with E-state index >= 15 is 0 Å². The first kappa shape index (κ1) is 12.3. The Balaban J connectivity index is 2.04. The van der Waals surface area contributed by atoms with Crippen molar-refractivity contribution >= 4 is 11.6 Å². The van der Waals surface area contributed by atoms with Gasteiger partial charge in [-0.15, -0.1) is 0 Å². The zero-order valence-corrected chi connectivity index (χ0v) is 11.3. The number of carbonyl (C=O) groups is 1. The van der Waals surface area contributed by atoms with Gasteiger partial charge in [-0.05, 0) is 37.3 Å². The van der Waals surface area contributed by atoms with Gasteiger partial charge in [0.25, 0.3) is 0 Å². The molecule has 1 aliphatic heterocycles. The van der Waals surface area contributed by atoms with Gasteiger partial charge >= 0.3 is 0 Å². The van der Waals surface area contributed by atoms with E-state index in [2.05, 4.69) is 6.92 Å². The van der Waals surface area contributed by atoms with Crippen LogP contribution < -0.4 is 9.64 Å². The van der Waals surface area contributed by atoms with Crippen molar-refractivity contribution in [2.75, 3.05) is 4.90 Å². The highest BCUT2D eigenvalue weighted by molar-refractivity contribution is 5.94. The lowest BCUT2D eigenvalue weighted by molar-refractivity contribution is -0.118. The molecule has 1 heterocycles. The molecular formula is C15H19NO3. The molecule has 19 heavy (non-hydrogen) atoms. The van der Waals surface area contributed by atoms with E-state index in [9.17, 15) is 9.90 Å². The van der Waals surface area contributed by atoms with Gasteiger partial charge in [-0.2, -0.15) is 0 Å². The Labute approximate surface area is 113 Å². The molecule has 0 radical (unpaired) electrons. The van der Waals surface area contributed by atoms with Crippen molar-refractivity contribution in [1.82, 2.24) is 0 Å². The van der Waals surface area contributed by atoms with E-state index in [0.29, 0.717) is 11.7 Å². The summed E-state index contributed by atoms with van der Waals surface area (Å²) < 4.78 is 6.01. The third-order valence-electron chi connectivity index (χ3n) is 4.17. The Morgan fingerprint density at radius 1 is 1.42 bits per heavy atom. The maximum absolute atomic E-state index is 12.0. The van der Waals surface area contributed by atoms with Gasteiger partial charge in [-0.1, -0.05) is 6.92 Å². The molecule has 0 bridgehead atoms. The Bertz CT molecular complexity index is 514. The van der Waals surface area contributed by atoms with Crippen molar-refractivity contribution in [2.24, 2.45) is 5.92 Å². The molecule has 4 heteroatoms. The van der Waals surface area contributed by atoms with Crippen LogP contribution in [0, 0.1) is 5.92 Å². The van der Waals surface area contributed by atoms with E-state index in [1.54, 1.807) is 25.1 Å². The molecule has 1 N–H and O–H groups in total. The molecule has 1 aromatic carbocycles. The Kier molecular flexibility index (Phi) is 2.88. The van der Waals surface area contributed by atoms with Crippen LogP contribution in [0.15, 0.2) is 18.2 Å². The second kappa shape index (κ2) is 4.44. The summed E-state index contributed by atoms with van der Waals surface area (Å²) in [6.07, 6.45) is 3.11. The molecule has 1 aliphatic carbocycles. The van der Waals surface area contributed by atoms with Crippen molar-refractivity contribution in [2.45, 2.75) is 45.3 Å². The summed E-state index contributed by atoms with van der Waals surface area (Å²) in [4.78, 5) is 13.8. The van der Waals surface area contributed by atoms with Crippen LogP contribution >= 0.6 is 0 Å². The Hall–Kier alpha value is -1.71. The second-order valence-corrected chi connectivity index (χ2v) is 5.68. The number of phenolic OH excluding ortho intramolecular Hbond substituents is 1. The van der Waals surface area contributed by atoms with Crippen LogP contribution in [0.25, 0.3) is 0 Å². The zero-order valence-electron chi connectivity index (χ0n) is 11.3. The lowest BCUT2D eigenvalue weighted by Gasteiger charge is -2.45. The van der Waals surface area contributed by atoms with Crippen LogP contribution in [-0.2, 0) is 4.79 Å². The summed E-state index contributed by atoms with van der Waals surface area (Å²) in [7, 11) is 0. The number of benzene rings is 1. The Morgan fingerprint density at radius 2 is 2.21 bits per heavy atom. The monoisotopic (exact) mass is 261 g/mol. The highest BCUT2D eigenvalue weighted by Gasteiger charge is 2.41. The molecular weight excluding hydrogens is 242 g/mol. The topological polar surface area (TPSA) is 49.8 Å². The maximum Gasteiger partial charge on any atom is 0.224 e. The Morgan fingerprint density at radius 3 is 2.95 bits per heavy atom. The predicted octanol–water partition coefficient (Wildman–Crippen LogP) is 2.69. The molecule has 2 aliphatic rings. The first-order chi connectivity index (χ1) is 9.06. The minimum Gasteiger partial charge on any atom is -0.508 e. The summed E-state index contributed by atoms with van der Waals surface area (Å²) in [5.74, 6) is 1.45. The number of aromatic hydroxyl groups is 1. The first-order valence-electron chi connectivity index (χ1n) is 6.85. The first-order valence-corrected chi connectivity index (χ1v) is 6.85. The van der Waals surface area contributed by atoms with Gasteiger partial charge < -0.3 is 14.7 Å². The highest BCUT2D eigenvalue weighted by atomic mass is 16.5. The van der Waals surface area contributed by atoms with E-state index in [-0.39, 0.29) is 23.8 Å². The number of rotatable bonds is 0. The third-order valence-corrected chi connectivity index (χ3v) is 4.17. The van der Waals surface area contributed by atoms with E-state index in [1.807, 2.05) is 4.90 Å². The molecule has 1 aromatic rings. The predicted molar refractivity (Wildman–Crippen MR) is 72.5 cm³/mol. The van der Waals surface area contributed by atoms with Gasteiger partial charge in [-0.3, -0.25) is 4.79 Å². The minimum atomic E-state index is 0.0415. The fourth-order valence-corrected chi connectivity index (χ4v) is 3.28. The van der Waals surface area contributed by atoms with Gasteiger partial charge in [0.15, 0.2) is 0 Å². The molecule has 1 saturated carbocycles. The molecule has 102 valence electrons. The van der Waals surface area contributed by atoms with Crippen molar-refractivity contribution in [3.05, 3.63) is 18.2 Å². The lowest BCUT2D eigenvalue weighted by Crippen LogP contribution is -2.54. The largest absolute Gasteiger partial charge is 0.508 e. The molecule has 3 rings (SSSR count). The standard InChI is InChI=1S/C15H19NO3/c1-9-3-5-12-14(7-9)19-15-8-11(18)4-6-13(15)16(12)10(2)17/h4,6,8-9,12,14,18H,3,5,7H2,1-2H3. The number of hydrogen-bond donors (Lipinski definition) is 1. The van der Waals surface area contributed by atoms with Crippen molar-refractivity contribution in [3.63, 3.8) is 0 Å². The molecule has 4 nitrogen and oxygen atoms in total. The average Bonchev–Trinajstić information content (AvgIpc) is 2.35. The number of carbonyl (C=O) groups excluding carboxylic acids is 1. The smallest absolute Gasteiger partial charge is 0.224 e. The molecule has 1 amide bonds. The lowest BCUT2D eigenvalue weighted by atomic mass is 9.83. The number of phenols is 1. The van der Waals surface area contributed by atoms with E-state index < -0.39 is 0 Å².